The first-order valence-corrected chi connectivity index (χ1v) is 7.71. The van der Waals surface area contributed by atoms with Crippen LogP contribution in [0.4, 0.5) is 0 Å². The van der Waals surface area contributed by atoms with Crippen molar-refractivity contribution < 1.29 is 14.3 Å². The molecule has 2 aliphatic heterocycles. The summed E-state index contributed by atoms with van der Waals surface area (Å²) < 4.78 is 11.1. The van der Waals surface area contributed by atoms with Crippen LogP contribution in [0, 0.1) is 0 Å². The summed E-state index contributed by atoms with van der Waals surface area (Å²) in [4.78, 5) is 14.5. The third-order valence-electron chi connectivity index (χ3n) is 3.99. The van der Waals surface area contributed by atoms with Crippen LogP contribution in [0.3, 0.4) is 0 Å². The molecule has 0 saturated carbocycles. The second kappa shape index (κ2) is 5.61. The van der Waals surface area contributed by atoms with Gasteiger partial charge >= 0.3 is 0 Å². The molecule has 0 N–H and O–H groups in total. The van der Waals surface area contributed by atoms with E-state index in [-0.39, 0.29) is 11.4 Å². The normalized spacial score (nSPS) is 27.1. The Labute approximate surface area is 117 Å². The van der Waals surface area contributed by atoms with Crippen molar-refractivity contribution >= 4 is 17.2 Å². The Morgan fingerprint density at radius 1 is 1.37 bits per heavy atom. The Morgan fingerprint density at radius 3 is 2.95 bits per heavy atom. The molecule has 4 nitrogen and oxygen atoms in total. The van der Waals surface area contributed by atoms with Crippen molar-refractivity contribution in [3.05, 3.63) is 22.4 Å². The molecular weight excluding hydrogens is 262 g/mol. The first-order chi connectivity index (χ1) is 9.30. The molecule has 1 amide bonds. The second-order valence-corrected chi connectivity index (χ2v) is 6.04. The van der Waals surface area contributed by atoms with E-state index in [1.165, 1.54) is 5.56 Å². The zero-order valence-corrected chi connectivity index (χ0v) is 11.8. The van der Waals surface area contributed by atoms with Gasteiger partial charge in [-0.05, 0) is 35.2 Å². The smallest absolute Gasteiger partial charge is 0.223 e. The van der Waals surface area contributed by atoms with E-state index in [0.29, 0.717) is 32.8 Å². The zero-order chi connectivity index (χ0) is 13.1. The molecule has 3 rings (SSSR count). The van der Waals surface area contributed by atoms with E-state index in [4.69, 9.17) is 9.47 Å². The molecule has 0 aliphatic carbocycles. The molecule has 0 unspecified atom stereocenters. The van der Waals surface area contributed by atoms with Gasteiger partial charge in [-0.25, -0.2) is 0 Å². The summed E-state index contributed by atoms with van der Waals surface area (Å²) in [6, 6.07) is 2.09. The minimum Gasteiger partial charge on any atom is -0.379 e. The molecule has 2 aliphatic rings. The third kappa shape index (κ3) is 2.68. The lowest BCUT2D eigenvalue weighted by atomic mass is 9.95. The monoisotopic (exact) mass is 281 g/mol. The largest absolute Gasteiger partial charge is 0.379 e. The van der Waals surface area contributed by atoms with Gasteiger partial charge < -0.3 is 14.4 Å². The summed E-state index contributed by atoms with van der Waals surface area (Å²) in [6.45, 7) is 3.32. The number of carbonyl (C=O) groups is 1. The average molecular weight is 281 g/mol. The predicted molar refractivity (Wildman–Crippen MR) is 73.3 cm³/mol. The minimum absolute atomic E-state index is 0.190. The molecule has 5 heteroatoms. The fourth-order valence-corrected chi connectivity index (χ4v) is 3.57. The van der Waals surface area contributed by atoms with Gasteiger partial charge in [0.15, 0.2) is 0 Å². The van der Waals surface area contributed by atoms with E-state index in [1.54, 1.807) is 11.3 Å². The van der Waals surface area contributed by atoms with Gasteiger partial charge in [0.25, 0.3) is 0 Å². The van der Waals surface area contributed by atoms with Crippen LogP contribution in [0.5, 0.6) is 0 Å². The van der Waals surface area contributed by atoms with Crippen LogP contribution in [0.15, 0.2) is 16.8 Å². The number of ether oxygens (including phenoxy) is 2. The fourth-order valence-electron chi connectivity index (χ4n) is 2.87. The van der Waals surface area contributed by atoms with Gasteiger partial charge in [0.2, 0.25) is 5.91 Å². The standard InChI is InChI=1S/C14H19NO3S/c16-13(2-1-12-3-8-19-9-12)15-5-7-18-11-14(15)4-6-17-10-14/h3,8-9H,1-2,4-7,10-11H2/t14-/m1/s1. The molecule has 2 saturated heterocycles. The van der Waals surface area contributed by atoms with E-state index >= 15 is 0 Å². The van der Waals surface area contributed by atoms with E-state index < -0.39 is 0 Å². The molecule has 0 radical (unpaired) electrons. The van der Waals surface area contributed by atoms with Crippen LogP contribution in [0.1, 0.15) is 18.4 Å². The first kappa shape index (κ1) is 13.1. The van der Waals surface area contributed by atoms with Crippen molar-refractivity contribution in [1.29, 1.82) is 0 Å². The summed E-state index contributed by atoms with van der Waals surface area (Å²) in [7, 11) is 0. The molecule has 104 valence electrons. The number of hydrogen-bond acceptors (Lipinski definition) is 4. The zero-order valence-electron chi connectivity index (χ0n) is 11.0. The average Bonchev–Trinajstić information content (AvgIpc) is 3.09. The van der Waals surface area contributed by atoms with Crippen LogP contribution in [-0.2, 0) is 20.7 Å². The summed E-state index contributed by atoms with van der Waals surface area (Å²) in [6.07, 6.45) is 2.31. The van der Waals surface area contributed by atoms with Crippen LogP contribution >= 0.6 is 11.3 Å². The number of morpholine rings is 1. The molecule has 1 atom stereocenters. The SMILES string of the molecule is O=C(CCc1ccsc1)N1CCOC[C@]12CCOC2. The highest BCUT2D eigenvalue weighted by Gasteiger charge is 2.45. The molecule has 1 spiro atoms. The molecule has 19 heavy (non-hydrogen) atoms. The van der Waals surface area contributed by atoms with E-state index in [0.717, 1.165) is 19.4 Å². The lowest BCUT2D eigenvalue weighted by Crippen LogP contribution is -2.59. The van der Waals surface area contributed by atoms with Crippen LogP contribution < -0.4 is 0 Å². The maximum absolute atomic E-state index is 12.5. The highest BCUT2D eigenvalue weighted by molar-refractivity contribution is 7.07. The Bertz CT molecular complexity index is 426. The second-order valence-electron chi connectivity index (χ2n) is 5.26. The summed E-state index contributed by atoms with van der Waals surface area (Å²) >= 11 is 1.68. The lowest BCUT2D eigenvalue weighted by Gasteiger charge is -2.43. The minimum atomic E-state index is -0.190. The van der Waals surface area contributed by atoms with Crippen molar-refractivity contribution in [1.82, 2.24) is 4.90 Å². The highest BCUT2D eigenvalue weighted by atomic mass is 32.1. The number of carbonyl (C=O) groups excluding carboxylic acids is 1. The predicted octanol–water partition coefficient (Wildman–Crippen LogP) is 1.70. The molecule has 0 aromatic carbocycles. The van der Waals surface area contributed by atoms with Gasteiger partial charge in [-0.1, -0.05) is 0 Å². The number of aryl methyl sites for hydroxylation is 1. The Morgan fingerprint density at radius 2 is 2.21 bits per heavy atom. The molecule has 1 aromatic heterocycles. The van der Waals surface area contributed by atoms with Crippen molar-refractivity contribution in [2.24, 2.45) is 0 Å². The van der Waals surface area contributed by atoms with Gasteiger partial charge in [-0.15, -0.1) is 0 Å². The number of hydrogen-bond donors (Lipinski definition) is 0. The van der Waals surface area contributed by atoms with Crippen molar-refractivity contribution in [2.45, 2.75) is 24.8 Å². The van der Waals surface area contributed by atoms with E-state index in [2.05, 4.69) is 16.8 Å². The Balaban J connectivity index is 1.63. The Hall–Kier alpha value is -0.910. The van der Waals surface area contributed by atoms with Gasteiger partial charge in [0.1, 0.15) is 0 Å². The summed E-state index contributed by atoms with van der Waals surface area (Å²) in [5, 5.41) is 4.17. The molecule has 2 fully saturated rings. The number of amides is 1. The van der Waals surface area contributed by atoms with Gasteiger partial charge in [0.05, 0.1) is 25.4 Å². The fraction of sp³-hybridized carbons (Fsp3) is 0.643. The van der Waals surface area contributed by atoms with E-state index in [1.807, 2.05) is 4.90 Å². The van der Waals surface area contributed by atoms with Crippen LogP contribution in [0.25, 0.3) is 0 Å². The number of rotatable bonds is 3. The molecule has 0 bridgehead atoms. The maximum Gasteiger partial charge on any atom is 0.223 e. The van der Waals surface area contributed by atoms with Gasteiger partial charge in [0, 0.05) is 19.6 Å². The first-order valence-electron chi connectivity index (χ1n) is 6.77. The quantitative estimate of drug-likeness (QED) is 0.846. The molecule has 3 heterocycles. The molecular formula is C14H19NO3S. The van der Waals surface area contributed by atoms with Crippen molar-refractivity contribution in [3.63, 3.8) is 0 Å². The maximum atomic E-state index is 12.5. The Kier molecular flexibility index (Phi) is 3.86. The summed E-state index contributed by atoms with van der Waals surface area (Å²) in [5.41, 5.74) is 1.06. The van der Waals surface area contributed by atoms with Crippen molar-refractivity contribution in [2.75, 3.05) is 33.0 Å². The van der Waals surface area contributed by atoms with Crippen LogP contribution in [0.2, 0.25) is 0 Å². The third-order valence-corrected chi connectivity index (χ3v) is 4.73. The summed E-state index contributed by atoms with van der Waals surface area (Å²) in [5.74, 6) is 0.236. The lowest BCUT2D eigenvalue weighted by molar-refractivity contribution is -0.149. The van der Waals surface area contributed by atoms with Crippen LogP contribution in [-0.4, -0.2) is 49.3 Å². The number of nitrogens with zero attached hydrogens (tertiary/aromatic N) is 1. The van der Waals surface area contributed by atoms with Crippen molar-refractivity contribution in [3.8, 4) is 0 Å². The van der Waals surface area contributed by atoms with Gasteiger partial charge in [-0.2, -0.15) is 11.3 Å². The number of thiophene rings is 1. The van der Waals surface area contributed by atoms with E-state index in [9.17, 15) is 4.79 Å². The topological polar surface area (TPSA) is 38.8 Å². The highest BCUT2D eigenvalue weighted by Crippen LogP contribution is 2.30. The van der Waals surface area contributed by atoms with Gasteiger partial charge in [-0.3, -0.25) is 4.79 Å². The molecule has 1 aromatic rings.